The lowest BCUT2D eigenvalue weighted by Gasteiger charge is -2.40. The number of hydrogen-bond acceptors (Lipinski definition) is 5. The highest BCUT2D eigenvalue weighted by Gasteiger charge is 2.43. The molecular formula is C29H43F2N5OS. The number of nitrogens with one attached hydrogen (secondary N) is 1. The maximum absolute atomic E-state index is 13.7. The van der Waals surface area contributed by atoms with E-state index in [9.17, 15) is 13.6 Å². The molecule has 210 valence electrons. The van der Waals surface area contributed by atoms with Crippen molar-refractivity contribution in [3.63, 3.8) is 0 Å². The number of carbonyl (C=O) groups is 1. The van der Waals surface area contributed by atoms with Gasteiger partial charge >= 0.3 is 0 Å². The monoisotopic (exact) mass is 547 g/mol. The van der Waals surface area contributed by atoms with Gasteiger partial charge in [-0.1, -0.05) is 20.8 Å². The number of amides is 1. The third-order valence-electron chi connectivity index (χ3n) is 9.09. The normalized spacial score (nSPS) is 26.7. The molecule has 1 unspecified atom stereocenters. The molecule has 1 N–H and O–H groups in total. The smallest absolute Gasteiger partial charge is 0.248 e. The topological polar surface area (TPSA) is 63.1 Å². The minimum Gasteiger partial charge on any atom is -0.348 e. The molecule has 3 fully saturated rings. The van der Waals surface area contributed by atoms with Gasteiger partial charge in [-0.25, -0.2) is 8.78 Å². The number of piperidine rings is 1. The summed E-state index contributed by atoms with van der Waals surface area (Å²) in [6.45, 7) is 9.53. The summed E-state index contributed by atoms with van der Waals surface area (Å²) in [7, 11) is 0. The molecule has 1 saturated carbocycles. The molecule has 5 rings (SSSR count). The van der Waals surface area contributed by atoms with Crippen molar-refractivity contribution in [3.8, 4) is 0 Å². The molecule has 2 bridgehead atoms. The van der Waals surface area contributed by atoms with Crippen LogP contribution in [0.1, 0.15) is 118 Å². The van der Waals surface area contributed by atoms with E-state index in [0.29, 0.717) is 24.0 Å². The summed E-state index contributed by atoms with van der Waals surface area (Å²) >= 11 is 1.77. The van der Waals surface area contributed by atoms with E-state index in [1.54, 1.807) is 11.3 Å². The first-order chi connectivity index (χ1) is 18.1. The zero-order chi connectivity index (χ0) is 27.0. The maximum Gasteiger partial charge on any atom is 0.248 e. The highest BCUT2D eigenvalue weighted by atomic mass is 32.1. The molecular weight excluding hydrogens is 504 g/mol. The molecule has 2 aliphatic heterocycles. The van der Waals surface area contributed by atoms with Crippen molar-refractivity contribution in [1.29, 1.82) is 0 Å². The number of nitrogens with zero attached hydrogens (tertiary/aromatic N) is 4. The highest BCUT2D eigenvalue weighted by Crippen LogP contribution is 2.43. The molecule has 9 heteroatoms. The van der Waals surface area contributed by atoms with E-state index in [1.807, 2.05) is 0 Å². The molecule has 4 atom stereocenters. The van der Waals surface area contributed by atoms with E-state index >= 15 is 0 Å². The van der Waals surface area contributed by atoms with E-state index in [4.69, 9.17) is 0 Å². The maximum atomic E-state index is 13.7. The predicted octanol–water partition coefficient (Wildman–Crippen LogP) is 6.57. The van der Waals surface area contributed by atoms with Gasteiger partial charge in [-0.2, -0.15) is 0 Å². The summed E-state index contributed by atoms with van der Waals surface area (Å²) in [4.78, 5) is 18.3. The third-order valence-corrected chi connectivity index (χ3v) is 10.4. The van der Waals surface area contributed by atoms with Gasteiger partial charge in [0.25, 0.3) is 0 Å². The number of aromatic nitrogens is 3. The number of aryl methyl sites for hydroxylation is 2. The van der Waals surface area contributed by atoms with E-state index < -0.39 is 5.92 Å². The van der Waals surface area contributed by atoms with Gasteiger partial charge in [-0.15, -0.1) is 21.5 Å². The number of thiophene rings is 1. The number of halogens is 2. The standard InChI is InChI=1S/C29H43F2N5OS/c1-5-24-8-9-26(38-24)25(32-28(37)20-10-13-29(30,31)14-11-20)12-15-35-21-6-7-22(35)17-23(16-21)36-19(4)33-34-27(36)18(2)3/h8-9,18,20-23,25H,5-7,10-17H2,1-4H3,(H,32,37)/t21-,22+,23?,25-/m0/s1. The Morgan fingerprint density at radius 2 is 1.79 bits per heavy atom. The summed E-state index contributed by atoms with van der Waals surface area (Å²) < 4.78 is 29.7. The average molecular weight is 548 g/mol. The second-order valence-corrected chi connectivity index (χ2v) is 13.2. The quantitative estimate of drug-likeness (QED) is 0.385. The fourth-order valence-electron chi connectivity index (χ4n) is 6.98. The molecule has 1 amide bonds. The van der Waals surface area contributed by atoms with Crippen LogP contribution >= 0.6 is 11.3 Å². The van der Waals surface area contributed by atoms with Crippen molar-refractivity contribution in [1.82, 2.24) is 25.0 Å². The fraction of sp³-hybridized carbons (Fsp3) is 0.759. The van der Waals surface area contributed by atoms with Crippen LogP contribution < -0.4 is 5.32 Å². The van der Waals surface area contributed by atoms with Gasteiger partial charge in [0.05, 0.1) is 6.04 Å². The van der Waals surface area contributed by atoms with E-state index in [-0.39, 0.29) is 43.6 Å². The van der Waals surface area contributed by atoms with Crippen LogP contribution in [0.15, 0.2) is 12.1 Å². The summed E-state index contributed by atoms with van der Waals surface area (Å²) in [5.41, 5.74) is 0. The van der Waals surface area contributed by atoms with Crippen LogP contribution in [-0.4, -0.2) is 50.1 Å². The molecule has 38 heavy (non-hydrogen) atoms. The Morgan fingerprint density at radius 3 is 2.39 bits per heavy atom. The lowest BCUT2D eigenvalue weighted by molar-refractivity contribution is -0.130. The van der Waals surface area contributed by atoms with Crippen molar-refractivity contribution >= 4 is 17.2 Å². The third kappa shape index (κ3) is 5.83. The Kier molecular flexibility index (Phi) is 8.25. The zero-order valence-electron chi connectivity index (χ0n) is 23.3. The molecule has 2 aromatic heterocycles. The minimum atomic E-state index is -2.62. The number of rotatable bonds is 9. The van der Waals surface area contributed by atoms with Crippen LogP contribution in [0.2, 0.25) is 0 Å². The van der Waals surface area contributed by atoms with Gasteiger partial charge in [0.2, 0.25) is 11.8 Å². The van der Waals surface area contributed by atoms with Gasteiger partial charge in [0.1, 0.15) is 11.6 Å². The first-order valence-corrected chi connectivity index (χ1v) is 15.4. The first-order valence-electron chi connectivity index (χ1n) is 14.6. The Balaban J connectivity index is 1.25. The summed E-state index contributed by atoms with van der Waals surface area (Å²) in [6, 6.07) is 5.75. The minimum absolute atomic E-state index is 0.0528. The van der Waals surface area contributed by atoms with Crippen LogP contribution in [-0.2, 0) is 11.2 Å². The van der Waals surface area contributed by atoms with Crippen molar-refractivity contribution in [3.05, 3.63) is 33.5 Å². The molecule has 2 saturated heterocycles. The summed E-state index contributed by atoms with van der Waals surface area (Å²) in [5.74, 6) is -0.524. The Morgan fingerprint density at radius 1 is 1.11 bits per heavy atom. The SMILES string of the molecule is CCc1ccc([C@H](CCN2[C@@H]3CC[C@H]2CC(n2c(C)nnc2C(C)C)C3)NC(=O)C2CCC(F)(F)CC2)s1. The van der Waals surface area contributed by atoms with E-state index in [1.165, 1.54) is 22.6 Å². The van der Waals surface area contributed by atoms with Crippen LogP contribution in [0.5, 0.6) is 0 Å². The van der Waals surface area contributed by atoms with Gasteiger partial charge in [-0.05, 0) is 70.4 Å². The second-order valence-electron chi connectivity index (χ2n) is 12.0. The molecule has 1 aliphatic carbocycles. The van der Waals surface area contributed by atoms with Gasteiger partial charge < -0.3 is 9.88 Å². The molecule has 3 aliphatic rings. The fourth-order valence-corrected chi connectivity index (χ4v) is 8.02. The summed E-state index contributed by atoms with van der Waals surface area (Å²) in [6.07, 6.45) is 6.65. The first kappa shape index (κ1) is 27.7. The van der Waals surface area contributed by atoms with Crippen molar-refractivity contribution in [2.24, 2.45) is 5.92 Å². The number of carbonyl (C=O) groups excluding carboxylic acids is 1. The average Bonchev–Trinajstić information content (AvgIpc) is 3.57. The van der Waals surface area contributed by atoms with Crippen LogP contribution in [0.3, 0.4) is 0 Å². The lowest BCUT2D eigenvalue weighted by Crippen LogP contribution is -2.45. The lowest BCUT2D eigenvalue weighted by atomic mass is 9.86. The van der Waals surface area contributed by atoms with Crippen molar-refractivity contribution < 1.29 is 13.6 Å². The molecule has 0 aromatic carbocycles. The van der Waals surface area contributed by atoms with Gasteiger partial charge in [0, 0.05) is 59.1 Å². The Labute approximate surface area is 229 Å². The zero-order valence-corrected chi connectivity index (χ0v) is 24.1. The van der Waals surface area contributed by atoms with Crippen molar-refractivity contribution in [2.75, 3.05) is 6.54 Å². The van der Waals surface area contributed by atoms with Gasteiger partial charge in [0.15, 0.2) is 0 Å². The summed E-state index contributed by atoms with van der Waals surface area (Å²) in [5, 5.41) is 12.2. The number of alkyl halides is 2. The number of fused-ring (bicyclic) bond motifs is 2. The van der Waals surface area contributed by atoms with Crippen molar-refractivity contribution in [2.45, 2.75) is 128 Å². The second kappa shape index (κ2) is 11.3. The molecule has 6 nitrogen and oxygen atoms in total. The molecule has 2 aromatic rings. The largest absolute Gasteiger partial charge is 0.348 e. The Bertz CT molecular complexity index is 1090. The molecule has 0 spiro atoms. The van der Waals surface area contributed by atoms with E-state index in [2.05, 4.69) is 64.8 Å². The Hall–Kier alpha value is -1.87. The molecule has 0 radical (unpaired) electrons. The van der Waals surface area contributed by atoms with Crippen LogP contribution in [0.4, 0.5) is 8.78 Å². The van der Waals surface area contributed by atoms with Crippen LogP contribution in [0.25, 0.3) is 0 Å². The number of hydrogen-bond donors (Lipinski definition) is 1. The predicted molar refractivity (Wildman–Crippen MR) is 147 cm³/mol. The van der Waals surface area contributed by atoms with Crippen LogP contribution in [0, 0.1) is 12.8 Å². The van der Waals surface area contributed by atoms with Gasteiger partial charge in [-0.3, -0.25) is 9.69 Å². The van der Waals surface area contributed by atoms with E-state index in [0.717, 1.165) is 43.9 Å². The highest BCUT2D eigenvalue weighted by molar-refractivity contribution is 7.12. The molecule has 4 heterocycles.